The number of likely N-dealkylation sites (tertiary alicyclic amines) is 1. The van der Waals surface area contributed by atoms with Crippen LogP contribution in [0.1, 0.15) is 44.2 Å². The van der Waals surface area contributed by atoms with Gasteiger partial charge in [0.25, 0.3) is 5.78 Å². The van der Waals surface area contributed by atoms with Crippen molar-refractivity contribution in [3.8, 4) is 0 Å². The summed E-state index contributed by atoms with van der Waals surface area (Å²) in [6.07, 6.45) is 5.94. The normalized spacial score (nSPS) is 23.3. The molecule has 3 aromatic rings. The maximum atomic E-state index is 10.3. The smallest absolute Gasteiger partial charge is 0.256 e. The summed E-state index contributed by atoms with van der Waals surface area (Å²) >= 11 is 12.5. The lowest BCUT2D eigenvalue weighted by molar-refractivity contribution is 0.0523. The van der Waals surface area contributed by atoms with Crippen LogP contribution in [0.25, 0.3) is 5.78 Å². The van der Waals surface area contributed by atoms with Crippen LogP contribution in [0.15, 0.2) is 30.6 Å². The van der Waals surface area contributed by atoms with E-state index in [-0.39, 0.29) is 6.04 Å². The number of nitrogens with zero attached hydrogens (tertiary/aromatic N) is 6. The van der Waals surface area contributed by atoms with E-state index in [2.05, 4.69) is 32.1 Å². The largest absolute Gasteiger partial charge is 0.389 e. The predicted octanol–water partition coefficient (Wildman–Crippen LogP) is 4.28. The number of hydrogen-bond donors (Lipinski definition) is 2. The summed E-state index contributed by atoms with van der Waals surface area (Å²) in [6.45, 7) is 7.12. The van der Waals surface area contributed by atoms with Crippen LogP contribution in [0.4, 0.5) is 11.6 Å². The summed E-state index contributed by atoms with van der Waals surface area (Å²) in [5.41, 5.74) is 0.562. The van der Waals surface area contributed by atoms with Gasteiger partial charge in [-0.15, -0.1) is 0 Å². The van der Waals surface area contributed by atoms with E-state index >= 15 is 0 Å². The number of nitrogens with one attached hydrogen (secondary N) is 1. The first-order valence-corrected chi connectivity index (χ1v) is 13.2. The number of hydrogen-bond acceptors (Lipinski definition) is 7. The third-order valence-corrected chi connectivity index (χ3v) is 8.38. The Labute approximate surface area is 215 Å². The molecule has 2 N–H and O–H groups in total. The number of β-amino-alcohol motifs (C(OH)–C–C–N with tert-alkyl or cyclic N) is 1. The van der Waals surface area contributed by atoms with Gasteiger partial charge in [0.15, 0.2) is 0 Å². The Hall–Kier alpha value is -2.13. The van der Waals surface area contributed by atoms with Gasteiger partial charge in [0.2, 0.25) is 0 Å². The van der Waals surface area contributed by atoms with Crippen LogP contribution in [-0.4, -0.2) is 67.9 Å². The van der Waals surface area contributed by atoms with Crippen molar-refractivity contribution in [3.63, 3.8) is 0 Å². The van der Waals surface area contributed by atoms with E-state index in [9.17, 15) is 5.11 Å². The summed E-state index contributed by atoms with van der Waals surface area (Å²) < 4.78 is 1.72. The molecule has 8 nitrogen and oxygen atoms in total. The van der Waals surface area contributed by atoms with E-state index in [1.807, 2.05) is 18.2 Å². The van der Waals surface area contributed by atoms with Crippen LogP contribution in [0.5, 0.6) is 0 Å². The molecular weight excluding hydrogens is 485 g/mol. The molecular formula is C25H31Cl2N7O. The quantitative estimate of drug-likeness (QED) is 0.485. The molecule has 1 aromatic carbocycles. The fraction of sp³-hybridized carbons (Fsp3) is 0.560. The molecule has 1 aliphatic carbocycles. The highest BCUT2D eigenvalue weighted by Gasteiger charge is 2.43. The third kappa shape index (κ3) is 4.81. The Kier molecular flexibility index (Phi) is 6.03. The van der Waals surface area contributed by atoms with Crippen LogP contribution in [0.3, 0.4) is 0 Å². The standard InChI is InChI=1S/C25H31Cl2N7O/c1-16(20-5-4-19(26)9-21(20)27)30-23-10-22(31-24-28-15-29-34(23)24)33-12-18(13-33)17-3-2-8-32(11-17)14-25(35)6-7-25/h4-5,9-10,15-18,30,35H,2-3,6-8,11-14H2,1H3/t16-,17?/m1/s1. The highest BCUT2D eigenvalue weighted by atomic mass is 35.5. The van der Waals surface area contributed by atoms with Gasteiger partial charge in [0, 0.05) is 42.3 Å². The molecule has 0 radical (unpaired) electrons. The minimum Gasteiger partial charge on any atom is -0.389 e. The molecule has 3 aliphatic rings. The molecule has 2 aromatic heterocycles. The fourth-order valence-electron chi connectivity index (χ4n) is 5.55. The summed E-state index contributed by atoms with van der Waals surface area (Å²) in [5, 5.41) is 19.5. The highest BCUT2D eigenvalue weighted by Crippen LogP contribution is 2.39. The zero-order valence-corrected chi connectivity index (χ0v) is 21.4. The molecule has 1 unspecified atom stereocenters. The van der Waals surface area contributed by atoms with E-state index in [1.165, 1.54) is 19.2 Å². The van der Waals surface area contributed by atoms with E-state index in [4.69, 9.17) is 28.2 Å². The van der Waals surface area contributed by atoms with Gasteiger partial charge >= 0.3 is 0 Å². The number of aromatic nitrogens is 4. The lowest BCUT2D eigenvalue weighted by Crippen LogP contribution is -2.54. The van der Waals surface area contributed by atoms with Crippen molar-refractivity contribution in [1.29, 1.82) is 0 Å². The predicted molar refractivity (Wildman–Crippen MR) is 138 cm³/mol. The Bertz CT molecular complexity index is 1220. The Morgan fingerprint density at radius 1 is 1.17 bits per heavy atom. The number of aliphatic hydroxyl groups is 1. The van der Waals surface area contributed by atoms with Crippen LogP contribution in [-0.2, 0) is 0 Å². The molecule has 35 heavy (non-hydrogen) atoms. The zero-order chi connectivity index (χ0) is 24.2. The van der Waals surface area contributed by atoms with Crippen LogP contribution >= 0.6 is 23.2 Å². The van der Waals surface area contributed by atoms with E-state index in [1.54, 1.807) is 10.6 Å². The molecule has 2 aliphatic heterocycles. The molecule has 0 amide bonds. The number of benzene rings is 1. The van der Waals surface area contributed by atoms with E-state index in [0.717, 1.165) is 62.8 Å². The molecule has 1 saturated carbocycles. The van der Waals surface area contributed by atoms with E-state index < -0.39 is 5.60 Å². The molecule has 2 atom stereocenters. The average molecular weight is 516 g/mol. The minimum atomic E-state index is -0.401. The molecule has 3 fully saturated rings. The maximum Gasteiger partial charge on any atom is 0.256 e. The summed E-state index contributed by atoms with van der Waals surface area (Å²) in [4.78, 5) is 13.9. The van der Waals surface area contributed by atoms with Crippen molar-refractivity contribution in [1.82, 2.24) is 24.5 Å². The van der Waals surface area contributed by atoms with Gasteiger partial charge in [-0.25, -0.2) is 0 Å². The molecule has 6 rings (SSSR count). The van der Waals surface area contributed by atoms with E-state index in [0.29, 0.717) is 27.7 Å². The Morgan fingerprint density at radius 2 is 2.00 bits per heavy atom. The number of halogens is 2. The second kappa shape index (κ2) is 9.07. The minimum absolute atomic E-state index is 0.0546. The van der Waals surface area contributed by atoms with Crippen molar-refractivity contribution in [2.24, 2.45) is 11.8 Å². The van der Waals surface area contributed by atoms with Gasteiger partial charge in [-0.05, 0) is 68.7 Å². The number of anilines is 2. The molecule has 0 bridgehead atoms. The lowest BCUT2D eigenvalue weighted by Gasteiger charge is -2.47. The van der Waals surface area contributed by atoms with Crippen molar-refractivity contribution >= 4 is 40.6 Å². The SMILES string of the molecule is C[C@@H](Nc1cc(N2CC(C3CCCN(CC4(O)CC4)C3)C2)nc2ncnn12)c1ccc(Cl)cc1Cl. The van der Waals surface area contributed by atoms with Gasteiger partial charge in [0.1, 0.15) is 18.0 Å². The van der Waals surface area contributed by atoms with Crippen LogP contribution < -0.4 is 10.2 Å². The first-order chi connectivity index (χ1) is 16.9. The Morgan fingerprint density at radius 3 is 2.77 bits per heavy atom. The Balaban J connectivity index is 1.14. The van der Waals surface area contributed by atoms with Crippen molar-refractivity contribution in [2.75, 3.05) is 42.9 Å². The topological polar surface area (TPSA) is 81.8 Å². The van der Waals surface area contributed by atoms with Crippen LogP contribution in [0.2, 0.25) is 10.0 Å². The summed E-state index contributed by atoms with van der Waals surface area (Å²) in [7, 11) is 0. The van der Waals surface area contributed by atoms with Gasteiger partial charge in [-0.3, -0.25) is 0 Å². The highest BCUT2D eigenvalue weighted by molar-refractivity contribution is 6.35. The average Bonchev–Trinajstić information content (AvgIpc) is 3.31. The lowest BCUT2D eigenvalue weighted by atomic mass is 9.80. The zero-order valence-electron chi connectivity index (χ0n) is 19.9. The second-order valence-electron chi connectivity index (χ2n) is 10.5. The van der Waals surface area contributed by atoms with Gasteiger partial charge in [-0.2, -0.15) is 19.6 Å². The number of fused-ring (bicyclic) bond motifs is 1. The monoisotopic (exact) mass is 515 g/mol. The van der Waals surface area contributed by atoms with Crippen molar-refractivity contribution in [3.05, 3.63) is 46.2 Å². The van der Waals surface area contributed by atoms with Crippen molar-refractivity contribution < 1.29 is 5.11 Å². The fourth-order valence-corrected chi connectivity index (χ4v) is 6.13. The second-order valence-corrected chi connectivity index (χ2v) is 11.4. The molecule has 4 heterocycles. The first-order valence-electron chi connectivity index (χ1n) is 12.5. The molecule has 10 heteroatoms. The van der Waals surface area contributed by atoms with Crippen LogP contribution in [0, 0.1) is 11.8 Å². The number of piperidine rings is 1. The molecule has 0 spiro atoms. The van der Waals surface area contributed by atoms with Crippen molar-refractivity contribution in [2.45, 2.75) is 44.2 Å². The third-order valence-electron chi connectivity index (χ3n) is 7.82. The first kappa shape index (κ1) is 23.3. The molecule has 2 saturated heterocycles. The number of rotatable bonds is 7. The van der Waals surface area contributed by atoms with Gasteiger partial charge in [0.05, 0.1) is 11.6 Å². The maximum absolute atomic E-state index is 10.3. The molecule has 186 valence electrons. The van der Waals surface area contributed by atoms with Gasteiger partial charge < -0.3 is 20.2 Å². The summed E-state index contributed by atoms with van der Waals surface area (Å²) in [5.74, 6) is 3.66. The van der Waals surface area contributed by atoms with Gasteiger partial charge in [-0.1, -0.05) is 29.3 Å². The summed E-state index contributed by atoms with van der Waals surface area (Å²) in [6, 6.07) is 7.55.